The van der Waals surface area contributed by atoms with Crippen LogP contribution in [0.5, 0.6) is 0 Å². The van der Waals surface area contributed by atoms with E-state index in [-0.39, 0.29) is 24.4 Å². The van der Waals surface area contributed by atoms with Crippen LogP contribution in [-0.4, -0.2) is 32.4 Å². The van der Waals surface area contributed by atoms with Crippen LogP contribution in [0.4, 0.5) is 0 Å². The van der Waals surface area contributed by atoms with Crippen molar-refractivity contribution in [1.29, 1.82) is 0 Å². The van der Waals surface area contributed by atoms with E-state index in [0.717, 1.165) is 11.1 Å². The second-order valence-electron chi connectivity index (χ2n) is 6.14. The second-order valence-corrected chi connectivity index (χ2v) is 6.14. The van der Waals surface area contributed by atoms with Crippen molar-refractivity contribution in [2.75, 3.05) is 13.2 Å². The highest BCUT2D eigenvalue weighted by molar-refractivity contribution is 5.77. The molecule has 136 valence electrons. The van der Waals surface area contributed by atoms with Crippen LogP contribution in [0.25, 0.3) is 11.0 Å². The monoisotopic (exact) mass is 354 g/mol. The summed E-state index contributed by atoms with van der Waals surface area (Å²) in [6.07, 6.45) is 2.24. The highest BCUT2D eigenvalue weighted by Crippen LogP contribution is 2.11. The lowest BCUT2D eigenvalue weighted by molar-refractivity contribution is 0.286. The average Bonchev–Trinajstić information content (AvgIpc) is 2.67. The summed E-state index contributed by atoms with van der Waals surface area (Å²) < 4.78 is 2.66. The predicted octanol–water partition coefficient (Wildman–Crippen LogP) is 0.615. The number of aliphatic hydroxyl groups is 1. The Morgan fingerprint density at radius 3 is 2.65 bits per heavy atom. The summed E-state index contributed by atoms with van der Waals surface area (Å²) in [4.78, 5) is 30.0. The van der Waals surface area contributed by atoms with Crippen molar-refractivity contribution in [3.05, 3.63) is 74.6 Å². The van der Waals surface area contributed by atoms with E-state index in [2.05, 4.69) is 10.3 Å². The summed E-state index contributed by atoms with van der Waals surface area (Å²) in [5.74, 6) is 0. The predicted molar refractivity (Wildman–Crippen MR) is 100 cm³/mol. The Hall–Kier alpha value is -2.77. The minimum atomic E-state index is -0.385. The van der Waals surface area contributed by atoms with Gasteiger partial charge in [-0.3, -0.25) is 13.9 Å². The minimum Gasteiger partial charge on any atom is -0.396 e. The van der Waals surface area contributed by atoms with Crippen molar-refractivity contribution in [1.82, 2.24) is 19.4 Å². The number of rotatable bonds is 7. The normalized spacial score (nSPS) is 11.2. The van der Waals surface area contributed by atoms with Crippen LogP contribution < -0.4 is 16.6 Å². The summed E-state index contributed by atoms with van der Waals surface area (Å²) in [5.41, 5.74) is 1.34. The van der Waals surface area contributed by atoms with E-state index in [9.17, 15) is 9.59 Å². The maximum atomic E-state index is 13.1. The molecular weight excluding hydrogens is 332 g/mol. The number of benzene rings is 1. The summed E-state index contributed by atoms with van der Waals surface area (Å²) >= 11 is 0. The van der Waals surface area contributed by atoms with Crippen LogP contribution in [0.3, 0.4) is 0 Å². The number of fused-ring (bicyclic) bond motifs is 1. The molecule has 26 heavy (non-hydrogen) atoms. The van der Waals surface area contributed by atoms with E-state index in [1.54, 1.807) is 19.3 Å². The molecule has 0 aliphatic heterocycles. The van der Waals surface area contributed by atoms with Crippen molar-refractivity contribution in [3.63, 3.8) is 0 Å². The Morgan fingerprint density at radius 2 is 1.92 bits per heavy atom. The lowest BCUT2D eigenvalue weighted by Gasteiger charge is -2.13. The quantitative estimate of drug-likeness (QED) is 0.607. The first-order valence-electron chi connectivity index (χ1n) is 8.56. The molecule has 3 aromatic rings. The number of aryl methyl sites for hydroxylation is 1. The van der Waals surface area contributed by atoms with Crippen molar-refractivity contribution in [2.24, 2.45) is 7.05 Å². The van der Waals surface area contributed by atoms with Gasteiger partial charge in [-0.25, -0.2) is 9.78 Å². The van der Waals surface area contributed by atoms with E-state index < -0.39 is 0 Å². The molecule has 0 spiro atoms. The van der Waals surface area contributed by atoms with Gasteiger partial charge in [0, 0.05) is 26.4 Å². The number of hydrogen-bond donors (Lipinski definition) is 2. The minimum absolute atomic E-state index is 0.114. The van der Waals surface area contributed by atoms with Gasteiger partial charge in [-0.1, -0.05) is 30.3 Å². The van der Waals surface area contributed by atoms with Crippen LogP contribution in [-0.2, 0) is 20.1 Å². The third kappa shape index (κ3) is 3.58. The van der Waals surface area contributed by atoms with Gasteiger partial charge in [-0.05, 0) is 30.2 Å². The van der Waals surface area contributed by atoms with Gasteiger partial charge in [0.15, 0.2) is 0 Å². The van der Waals surface area contributed by atoms with Gasteiger partial charge in [0.1, 0.15) is 5.65 Å². The molecular formula is C19H22N4O3. The zero-order valence-corrected chi connectivity index (χ0v) is 14.7. The molecule has 0 aliphatic carbocycles. The van der Waals surface area contributed by atoms with Crippen molar-refractivity contribution in [2.45, 2.75) is 19.5 Å². The maximum Gasteiger partial charge on any atom is 0.332 e. The fourth-order valence-electron chi connectivity index (χ4n) is 2.95. The van der Waals surface area contributed by atoms with Gasteiger partial charge in [0.2, 0.25) is 0 Å². The number of pyridine rings is 1. The molecule has 0 unspecified atom stereocenters. The highest BCUT2D eigenvalue weighted by atomic mass is 16.3. The van der Waals surface area contributed by atoms with Crippen LogP contribution >= 0.6 is 0 Å². The standard InChI is InChI=1S/C19H22N4O3/c1-22-17-16(15(8-10-21-17)12-20-9-5-11-24)18(25)23(19(22)26)13-14-6-3-2-4-7-14/h2-4,6-8,10,20,24H,5,9,11-13H2,1H3. The zero-order valence-electron chi connectivity index (χ0n) is 14.7. The van der Waals surface area contributed by atoms with Gasteiger partial charge >= 0.3 is 5.69 Å². The molecule has 0 atom stereocenters. The van der Waals surface area contributed by atoms with Gasteiger partial charge in [0.25, 0.3) is 5.56 Å². The lowest BCUT2D eigenvalue weighted by atomic mass is 10.1. The van der Waals surface area contributed by atoms with Crippen molar-refractivity contribution < 1.29 is 5.11 Å². The Balaban J connectivity index is 2.09. The smallest absolute Gasteiger partial charge is 0.332 e. The number of aliphatic hydroxyl groups excluding tert-OH is 1. The molecule has 0 radical (unpaired) electrons. The van der Waals surface area contributed by atoms with Crippen molar-refractivity contribution >= 4 is 11.0 Å². The summed E-state index contributed by atoms with van der Waals surface area (Å²) in [7, 11) is 1.63. The first kappa shape index (κ1) is 18.0. The maximum absolute atomic E-state index is 13.1. The second kappa shape index (κ2) is 8.07. The van der Waals surface area contributed by atoms with Gasteiger partial charge in [-0.15, -0.1) is 0 Å². The van der Waals surface area contributed by atoms with Gasteiger partial charge in [-0.2, -0.15) is 0 Å². The molecule has 7 heteroatoms. The first-order valence-corrected chi connectivity index (χ1v) is 8.56. The fraction of sp³-hybridized carbons (Fsp3) is 0.316. The van der Waals surface area contributed by atoms with E-state index >= 15 is 0 Å². The Kier molecular flexibility index (Phi) is 5.60. The van der Waals surface area contributed by atoms with Crippen molar-refractivity contribution in [3.8, 4) is 0 Å². The third-order valence-electron chi connectivity index (χ3n) is 4.32. The van der Waals surface area contributed by atoms with Crippen LogP contribution in [0.1, 0.15) is 17.5 Å². The molecule has 3 rings (SSSR count). The van der Waals surface area contributed by atoms with E-state index in [1.807, 2.05) is 30.3 Å². The Bertz CT molecular complexity index is 1010. The molecule has 7 nitrogen and oxygen atoms in total. The molecule has 2 aromatic heterocycles. The number of aromatic nitrogens is 3. The Morgan fingerprint density at radius 1 is 1.15 bits per heavy atom. The molecule has 0 fully saturated rings. The summed E-state index contributed by atoms with van der Waals surface area (Å²) in [6, 6.07) is 11.2. The topological polar surface area (TPSA) is 89.2 Å². The van der Waals surface area contributed by atoms with Gasteiger partial charge < -0.3 is 10.4 Å². The average molecular weight is 354 g/mol. The molecule has 0 saturated carbocycles. The van der Waals surface area contributed by atoms with Crippen LogP contribution in [0, 0.1) is 0 Å². The Labute approximate surface area is 150 Å². The van der Waals surface area contributed by atoms with Gasteiger partial charge in [0.05, 0.1) is 11.9 Å². The first-order chi connectivity index (χ1) is 12.6. The summed E-state index contributed by atoms with van der Waals surface area (Å²) in [5, 5.41) is 12.5. The molecule has 2 N–H and O–H groups in total. The zero-order chi connectivity index (χ0) is 18.5. The number of nitrogens with zero attached hydrogens (tertiary/aromatic N) is 3. The SMILES string of the molecule is Cn1c(=O)n(Cc2ccccc2)c(=O)c2c(CNCCCO)ccnc21. The molecule has 0 amide bonds. The van der Waals surface area contributed by atoms with Crippen LogP contribution in [0.2, 0.25) is 0 Å². The summed E-state index contributed by atoms with van der Waals surface area (Å²) in [6.45, 7) is 1.44. The largest absolute Gasteiger partial charge is 0.396 e. The van der Waals surface area contributed by atoms with Crippen LogP contribution in [0.15, 0.2) is 52.2 Å². The molecule has 0 saturated heterocycles. The lowest BCUT2D eigenvalue weighted by Crippen LogP contribution is -2.40. The van der Waals surface area contributed by atoms with E-state index in [0.29, 0.717) is 30.5 Å². The third-order valence-corrected chi connectivity index (χ3v) is 4.32. The molecule has 0 bridgehead atoms. The fourth-order valence-corrected chi connectivity index (χ4v) is 2.95. The highest BCUT2D eigenvalue weighted by Gasteiger charge is 2.15. The van der Waals surface area contributed by atoms with E-state index in [4.69, 9.17) is 5.11 Å². The number of hydrogen-bond acceptors (Lipinski definition) is 5. The molecule has 1 aromatic carbocycles. The van der Waals surface area contributed by atoms with E-state index in [1.165, 1.54) is 9.13 Å². The molecule has 0 aliphatic rings. The number of nitrogens with one attached hydrogen (secondary N) is 1. The molecule has 2 heterocycles.